The molecule has 2 N–H and O–H groups in total. The van der Waals surface area contributed by atoms with Crippen molar-refractivity contribution in [2.45, 2.75) is 12.5 Å². The summed E-state index contributed by atoms with van der Waals surface area (Å²) in [7, 11) is 0. The summed E-state index contributed by atoms with van der Waals surface area (Å²) in [5, 5.41) is 17.8. The van der Waals surface area contributed by atoms with Gasteiger partial charge in [-0.1, -0.05) is 24.3 Å². The Labute approximate surface area is 151 Å². The molecule has 0 radical (unpaired) electrons. The molecular weight excluding hydrogens is 464 g/mol. The molecule has 2 aromatic carbocycles. The maximum absolute atomic E-state index is 9.08. The Kier molecular flexibility index (Phi) is 8.93. The van der Waals surface area contributed by atoms with Crippen LogP contribution >= 0.6 is 0 Å². The second kappa shape index (κ2) is 10.4. The SMILES string of the molecule is [CH2-]C(O)COc1ccc(Cc2ccc(OCCO)cc2)cc1.[W]. The third-order valence-electron chi connectivity index (χ3n) is 3.06. The number of aliphatic hydroxyl groups excluding tert-OH is 2. The number of hydrogen-bond donors (Lipinski definition) is 2. The van der Waals surface area contributed by atoms with Crippen LogP contribution in [0.1, 0.15) is 11.1 Å². The van der Waals surface area contributed by atoms with E-state index in [2.05, 4.69) is 6.92 Å². The van der Waals surface area contributed by atoms with Crippen molar-refractivity contribution in [3.8, 4) is 11.5 Å². The first-order valence-corrected chi connectivity index (χ1v) is 7.23. The molecule has 2 aromatic rings. The van der Waals surface area contributed by atoms with Crippen LogP contribution in [0, 0.1) is 6.92 Å². The monoisotopic (exact) mass is 485 g/mol. The fraction of sp³-hybridized carbons (Fsp3) is 0.278. The average Bonchev–Trinajstić information content (AvgIpc) is 2.53. The van der Waals surface area contributed by atoms with Gasteiger partial charge in [-0.25, -0.2) is 0 Å². The van der Waals surface area contributed by atoms with E-state index in [1.807, 2.05) is 48.5 Å². The van der Waals surface area contributed by atoms with E-state index >= 15 is 0 Å². The van der Waals surface area contributed by atoms with Crippen LogP contribution in [0.15, 0.2) is 48.5 Å². The zero-order valence-electron chi connectivity index (χ0n) is 12.9. The quantitative estimate of drug-likeness (QED) is 0.564. The molecule has 4 nitrogen and oxygen atoms in total. The minimum absolute atomic E-state index is 0. The molecule has 1 unspecified atom stereocenters. The largest absolute Gasteiger partial charge is 0.494 e. The standard InChI is InChI=1S/C18H21O4.W/c1-14(20)13-22-18-8-4-16(5-9-18)12-15-2-6-17(7-3-15)21-11-10-19;/h2-9,14,19-20H,1,10-13H2;/q-1;. The second-order valence-corrected chi connectivity index (χ2v) is 5.00. The first-order chi connectivity index (χ1) is 10.7. The van der Waals surface area contributed by atoms with Crippen molar-refractivity contribution in [2.24, 2.45) is 0 Å². The van der Waals surface area contributed by atoms with Gasteiger partial charge in [-0.05, 0) is 47.9 Å². The van der Waals surface area contributed by atoms with Gasteiger partial charge < -0.3 is 26.6 Å². The molecule has 5 heteroatoms. The number of aliphatic hydroxyl groups is 2. The Bertz CT molecular complexity index is 552. The van der Waals surface area contributed by atoms with Gasteiger partial charge in [-0.2, -0.15) is 0 Å². The summed E-state index contributed by atoms with van der Waals surface area (Å²) in [5.41, 5.74) is 2.35. The minimum Gasteiger partial charge on any atom is -0.494 e. The predicted octanol–water partition coefficient (Wildman–Crippen LogP) is 2.22. The molecule has 0 fully saturated rings. The third kappa shape index (κ3) is 7.17. The Morgan fingerprint density at radius 2 is 1.35 bits per heavy atom. The first kappa shape index (κ1) is 19.7. The van der Waals surface area contributed by atoms with E-state index in [1.54, 1.807) is 0 Å². The summed E-state index contributed by atoms with van der Waals surface area (Å²) >= 11 is 0. The van der Waals surface area contributed by atoms with Crippen LogP contribution < -0.4 is 9.47 Å². The van der Waals surface area contributed by atoms with Crippen molar-refractivity contribution in [3.05, 3.63) is 66.6 Å². The molecule has 1 atom stereocenters. The third-order valence-corrected chi connectivity index (χ3v) is 3.06. The summed E-state index contributed by atoms with van der Waals surface area (Å²) in [6, 6.07) is 15.6. The van der Waals surface area contributed by atoms with Crippen LogP contribution in [-0.2, 0) is 27.5 Å². The summed E-state index contributed by atoms with van der Waals surface area (Å²) in [6.07, 6.45) is 0.102. The van der Waals surface area contributed by atoms with Crippen molar-refractivity contribution in [1.29, 1.82) is 0 Å². The molecule has 0 saturated carbocycles. The van der Waals surface area contributed by atoms with Crippen LogP contribution in [0.2, 0.25) is 0 Å². The summed E-state index contributed by atoms with van der Waals surface area (Å²) in [6.45, 7) is 3.97. The van der Waals surface area contributed by atoms with Gasteiger partial charge in [0.1, 0.15) is 18.1 Å². The van der Waals surface area contributed by atoms with Crippen LogP contribution in [-0.4, -0.2) is 36.1 Å². The van der Waals surface area contributed by atoms with E-state index in [0.29, 0.717) is 6.61 Å². The van der Waals surface area contributed by atoms with E-state index in [4.69, 9.17) is 19.7 Å². The molecule has 0 amide bonds. The Balaban J connectivity index is 0.00000264. The molecule has 0 bridgehead atoms. The number of ether oxygens (including phenoxy) is 2. The molecule has 0 aliphatic heterocycles. The second-order valence-electron chi connectivity index (χ2n) is 5.00. The maximum Gasteiger partial charge on any atom is 0.119 e. The fourth-order valence-electron chi connectivity index (χ4n) is 2.00. The topological polar surface area (TPSA) is 58.9 Å². The van der Waals surface area contributed by atoms with E-state index in [-0.39, 0.29) is 34.3 Å². The number of hydrogen-bond acceptors (Lipinski definition) is 4. The van der Waals surface area contributed by atoms with Gasteiger partial charge in [-0.15, -0.1) is 0 Å². The molecule has 2 rings (SSSR count). The van der Waals surface area contributed by atoms with Crippen molar-refractivity contribution < 1.29 is 40.8 Å². The molecule has 0 saturated heterocycles. The van der Waals surface area contributed by atoms with Crippen molar-refractivity contribution >= 4 is 0 Å². The zero-order chi connectivity index (χ0) is 15.8. The first-order valence-electron chi connectivity index (χ1n) is 7.23. The van der Waals surface area contributed by atoms with Crippen LogP contribution in [0.25, 0.3) is 0 Å². The van der Waals surface area contributed by atoms with Gasteiger partial charge in [-0.3, -0.25) is 0 Å². The Morgan fingerprint density at radius 1 is 0.870 bits per heavy atom. The Morgan fingerprint density at radius 3 is 1.78 bits per heavy atom. The predicted molar refractivity (Wildman–Crippen MR) is 85.1 cm³/mol. The van der Waals surface area contributed by atoms with Crippen molar-refractivity contribution in [1.82, 2.24) is 0 Å². The molecule has 0 aromatic heterocycles. The number of rotatable bonds is 8. The van der Waals surface area contributed by atoms with Crippen LogP contribution in [0.3, 0.4) is 0 Å². The van der Waals surface area contributed by atoms with E-state index in [1.165, 1.54) is 11.1 Å². The molecule has 0 heterocycles. The molecule has 23 heavy (non-hydrogen) atoms. The summed E-state index contributed by atoms with van der Waals surface area (Å²) in [5.74, 6) is 1.48. The van der Waals surface area contributed by atoms with Gasteiger partial charge >= 0.3 is 0 Å². The van der Waals surface area contributed by atoms with Gasteiger partial charge in [0.05, 0.1) is 13.2 Å². The normalized spacial score (nSPS) is 11.4. The van der Waals surface area contributed by atoms with E-state index < -0.39 is 6.10 Å². The molecule has 0 aliphatic carbocycles. The summed E-state index contributed by atoms with van der Waals surface area (Å²) < 4.78 is 10.7. The molecule has 124 valence electrons. The molecule has 0 aliphatic rings. The van der Waals surface area contributed by atoms with Gasteiger partial charge in [0.15, 0.2) is 0 Å². The van der Waals surface area contributed by atoms with Gasteiger partial charge in [0.25, 0.3) is 0 Å². The van der Waals surface area contributed by atoms with E-state index in [9.17, 15) is 0 Å². The fourth-order valence-corrected chi connectivity index (χ4v) is 2.00. The van der Waals surface area contributed by atoms with E-state index in [0.717, 1.165) is 17.9 Å². The van der Waals surface area contributed by atoms with Crippen LogP contribution in [0.4, 0.5) is 0 Å². The molecular formula is C18H21O4W-. The average molecular weight is 485 g/mol. The van der Waals surface area contributed by atoms with Crippen LogP contribution in [0.5, 0.6) is 11.5 Å². The molecule has 0 spiro atoms. The van der Waals surface area contributed by atoms with Crippen molar-refractivity contribution in [2.75, 3.05) is 19.8 Å². The smallest absolute Gasteiger partial charge is 0.119 e. The van der Waals surface area contributed by atoms with Crippen molar-refractivity contribution in [3.63, 3.8) is 0 Å². The summed E-state index contributed by atoms with van der Waals surface area (Å²) in [4.78, 5) is 0. The maximum atomic E-state index is 9.08. The zero-order valence-corrected chi connectivity index (χ0v) is 15.8. The number of benzene rings is 2. The Hall–Kier alpha value is -1.35. The van der Waals surface area contributed by atoms with Gasteiger partial charge in [0.2, 0.25) is 0 Å². The van der Waals surface area contributed by atoms with Gasteiger partial charge in [0, 0.05) is 21.1 Å². The minimum atomic E-state index is -0.716.